The molecule has 2 heterocycles. The van der Waals surface area contributed by atoms with Crippen molar-refractivity contribution in [1.82, 2.24) is 10.3 Å². The fraction of sp³-hybridized carbons (Fsp3) is 0.120. The summed E-state index contributed by atoms with van der Waals surface area (Å²) in [4.78, 5) is 26.2. The summed E-state index contributed by atoms with van der Waals surface area (Å²) < 4.78 is 5.76. The molecule has 0 aliphatic carbocycles. The zero-order valence-electron chi connectivity index (χ0n) is 17.8. The van der Waals surface area contributed by atoms with Crippen molar-refractivity contribution >= 4 is 28.6 Å². The number of nitriles is 1. The molecule has 4 rings (SSSR count). The lowest BCUT2D eigenvalue weighted by Crippen LogP contribution is -2.26. The highest BCUT2D eigenvalue weighted by atomic mass is 16.6. The molecule has 164 valence electrons. The number of nitro groups is 1. The Morgan fingerprint density at radius 3 is 2.82 bits per heavy atom. The number of benzene rings is 2. The average Bonchev–Trinajstić information content (AvgIpc) is 3.44. The first kappa shape index (κ1) is 21.6. The normalized spacial score (nSPS) is 11.3. The monoisotopic (exact) mass is 440 g/mol. The third-order valence-electron chi connectivity index (χ3n) is 5.32. The van der Waals surface area contributed by atoms with Crippen molar-refractivity contribution in [3.63, 3.8) is 0 Å². The van der Waals surface area contributed by atoms with Gasteiger partial charge < -0.3 is 14.7 Å². The minimum Gasteiger partial charge on any atom is -0.457 e. The van der Waals surface area contributed by atoms with Gasteiger partial charge in [-0.1, -0.05) is 18.2 Å². The van der Waals surface area contributed by atoms with Crippen molar-refractivity contribution in [2.45, 2.75) is 13.3 Å². The lowest BCUT2D eigenvalue weighted by molar-refractivity contribution is -0.384. The highest BCUT2D eigenvalue weighted by Crippen LogP contribution is 2.29. The van der Waals surface area contributed by atoms with Gasteiger partial charge in [0.15, 0.2) is 0 Å². The average molecular weight is 440 g/mol. The summed E-state index contributed by atoms with van der Waals surface area (Å²) >= 11 is 0. The Hall–Kier alpha value is -4.64. The van der Waals surface area contributed by atoms with Crippen LogP contribution in [0.3, 0.4) is 0 Å². The molecule has 0 saturated heterocycles. The van der Waals surface area contributed by atoms with Crippen LogP contribution in [-0.2, 0) is 11.2 Å². The quantitative estimate of drug-likeness (QED) is 0.183. The fourth-order valence-corrected chi connectivity index (χ4v) is 3.65. The van der Waals surface area contributed by atoms with Gasteiger partial charge in [-0.25, -0.2) is 0 Å². The van der Waals surface area contributed by atoms with Gasteiger partial charge in [-0.2, -0.15) is 5.26 Å². The molecule has 0 fully saturated rings. The van der Waals surface area contributed by atoms with E-state index in [0.29, 0.717) is 35.6 Å². The number of rotatable bonds is 7. The molecule has 0 spiro atoms. The zero-order valence-corrected chi connectivity index (χ0v) is 17.8. The van der Waals surface area contributed by atoms with E-state index in [1.807, 2.05) is 36.5 Å². The van der Waals surface area contributed by atoms with E-state index in [1.54, 1.807) is 25.1 Å². The Labute approximate surface area is 189 Å². The minimum absolute atomic E-state index is 0.000926. The van der Waals surface area contributed by atoms with Gasteiger partial charge in [-0.3, -0.25) is 14.9 Å². The maximum atomic E-state index is 12.5. The van der Waals surface area contributed by atoms with Crippen LogP contribution < -0.4 is 5.32 Å². The molecule has 33 heavy (non-hydrogen) atoms. The molecule has 4 aromatic rings. The van der Waals surface area contributed by atoms with E-state index in [9.17, 15) is 20.2 Å². The summed E-state index contributed by atoms with van der Waals surface area (Å²) in [6.45, 7) is 2.13. The summed E-state index contributed by atoms with van der Waals surface area (Å²) in [5, 5.41) is 24.2. The number of nitrogens with one attached hydrogen (secondary N) is 2. The molecule has 0 aliphatic heterocycles. The van der Waals surface area contributed by atoms with Crippen molar-refractivity contribution in [3.05, 3.63) is 93.4 Å². The number of nitro benzene ring substituents is 1. The molecular formula is C25H20N4O4. The molecule has 8 heteroatoms. The highest BCUT2D eigenvalue weighted by Gasteiger charge is 2.14. The highest BCUT2D eigenvalue weighted by molar-refractivity contribution is 6.01. The van der Waals surface area contributed by atoms with Crippen LogP contribution in [0.5, 0.6) is 0 Å². The van der Waals surface area contributed by atoms with Gasteiger partial charge in [0.2, 0.25) is 0 Å². The number of non-ortho nitro benzene ring substituents is 1. The second kappa shape index (κ2) is 9.24. The van der Waals surface area contributed by atoms with Gasteiger partial charge in [0.1, 0.15) is 23.2 Å². The number of furan rings is 1. The molecule has 0 atom stereocenters. The SMILES string of the molecule is Cc1cc([N+](=O)[O-])ccc1-c1ccc(/C=C(\C#N)C(=O)NCCc2c[nH]c3ccccc23)o1. The maximum Gasteiger partial charge on any atom is 0.269 e. The molecule has 0 saturated carbocycles. The summed E-state index contributed by atoms with van der Waals surface area (Å²) in [7, 11) is 0. The summed E-state index contributed by atoms with van der Waals surface area (Å²) in [6, 6.07) is 17.7. The minimum atomic E-state index is -0.484. The van der Waals surface area contributed by atoms with E-state index in [1.165, 1.54) is 18.2 Å². The molecule has 2 aromatic carbocycles. The topological polar surface area (TPSA) is 125 Å². The van der Waals surface area contributed by atoms with E-state index in [2.05, 4.69) is 10.3 Å². The first-order chi connectivity index (χ1) is 16.0. The van der Waals surface area contributed by atoms with Crippen LogP contribution in [0.25, 0.3) is 28.3 Å². The number of nitrogens with zero attached hydrogens (tertiary/aromatic N) is 2. The van der Waals surface area contributed by atoms with Gasteiger partial charge in [0.05, 0.1) is 4.92 Å². The van der Waals surface area contributed by atoms with Crippen molar-refractivity contribution in [1.29, 1.82) is 5.26 Å². The van der Waals surface area contributed by atoms with E-state index in [4.69, 9.17) is 4.42 Å². The Kier molecular flexibility index (Phi) is 6.04. The van der Waals surface area contributed by atoms with Crippen molar-refractivity contribution in [2.75, 3.05) is 6.54 Å². The number of H-pyrrole nitrogens is 1. The fourth-order valence-electron chi connectivity index (χ4n) is 3.65. The van der Waals surface area contributed by atoms with Crippen LogP contribution in [-0.4, -0.2) is 22.4 Å². The molecule has 0 aliphatic rings. The largest absolute Gasteiger partial charge is 0.457 e. The second-order valence-corrected chi connectivity index (χ2v) is 7.49. The number of amides is 1. The number of hydrogen-bond acceptors (Lipinski definition) is 5. The molecule has 0 radical (unpaired) electrons. The number of fused-ring (bicyclic) bond motifs is 1. The van der Waals surface area contributed by atoms with Gasteiger partial charge in [0.25, 0.3) is 11.6 Å². The first-order valence-electron chi connectivity index (χ1n) is 10.3. The molecule has 1 amide bonds. The van der Waals surface area contributed by atoms with Crippen molar-refractivity contribution in [3.8, 4) is 17.4 Å². The molecular weight excluding hydrogens is 420 g/mol. The lowest BCUT2D eigenvalue weighted by Gasteiger charge is -2.04. The van der Waals surface area contributed by atoms with Crippen LogP contribution in [0.15, 0.2) is 70.8 Å². The number of aryl methyl sites for hydroxylation is 1. The Bertz CT molecular complexity index is 1420. The van der Waals surface area contributed by atoms with E-state index in [0.717, 1.165) is 16.5 Å². The summed E-state index contributed by atoms with van der Waals surface area (Å²) in [5.41, 5.74) is 3.43. The number of para-hydroxylation sites is 1. The predicted octanol–water partition coefficient (Wildman–Crippen LogP) is 4.91. The first-order valence-corrected chi connectivity index (χ1v) is 10.3. The Balaban J connectivity index is 1.43. The van der Waals surface area contributed by atoms with Crippen molar-refractivity contribution < 1.29 is 14.1 Å². The van der Waals surface area contributed by atoms with E-state index >= 15 is 0 Å². The molecule has 2 aromatic heterocycles. The third kappa shape index (κ3) is 4.67. The van der Waals surface area contributed by atoms with Crippen LogP contribution in [0, 0.1) is 28.4 Å². The zero-order chi connectivity index (χ0) is 23.4. The van der Waals surface area contributed by atoms with Crippen LogP contribution in [0.2, 0.25) is 0 Å². The Morgan fingerprint density at radius 2 is 2.06 bits per heavy atom. The van der Waals surface area contributed by atoms with Gasteiger partial charge >= 0.3 is 0 Å². The van der Waals surface area contributed by atoms with E-state index in [-0.39, 0.29) is 11.3 Å². The number of carbonyl (C=O) groups excluding carboxylic acids is 1. The van der Waals surface area contributed by atoms with Crippen LogP contribution in [0.4, 0.5) is 5.69 Å². The van der Waals surface area contributed by atoms with Gasteiger partial charge in [-0.15, -0.1) is 0 Å². The number of aromatic amines is 1. The summed E-state index contributed by atoms with van der Waals surface area (Å²) in [5.74, 6) is 0.346. The predicted molar refractivity (Wildman–Crippen MR) is 124 cm³/mol. The molecule has 0 bridgehead atoms. The Morgan fingerprint density at radius 1 is 1.24 bits per heavy atom. The number of aromatic nitrogens is 1. The third-order valence-corrected chi connectivity index (χ3v) is 5.32. The molecule has 0 unspecified atom stereocenters. The van der Waals surface area contributed by atoms with Crippen LogP contribution >= 0.6 is 0 Å². The molecule has 2 N–H and O–H groups in total. The van der Waals surface area contributed by atoms with Crippen LogP contribution in [0.1, 0.15) is 16.9 Å². The van der Waals surface area contributed by atoms with E-state index < -0.39 is 10.8 Å². The maximum absolute atomic E-state index is 12.5. The van der Waals surface area contributed by atoms with Crippen molar-refractivity contribution in [2.24, 2.45) is 0 Å². The molecule has 8 nitrogen and oxygen atoms in total. The van der Waals surface area contributed by atoms with Gasteiger partial charge in [0, 0.05) is 47.4 Å². The van der Waals surface area contributed by atoms with Gasteiger partial charge in [-0.05, 0) is 48.7 Å². The standard InChI is InChI=1S/C25H20N4O4/c1-16-12-19(29(31)32)6-8-21(16)24-9-7-20(33-24)13-18(14-26)25(30)27-11-10-17-15-28-23-5-3-2-4-22(17)23/h2-9,12-13,15,28H,10-11H2,1H3,(H,27,30)/b18-13+. The second-order valence-electron chi connectivity index (χ2n) is 7.49. The number of carbonyl (C=O) groups is 1. The number of hydrogen-bond donors (Lipinski definition) is 2. The lowest BCUT2D eigenvalue weighted by atomic mass is 10.1. The summed E-state index contributed by atoms with van der Waals surface area (Å²) in [6.07, 6.45) is 3.92. The smallest absolute Gasteiger partial charge is 0.269 e.